The minimum absolute atomic E-state index is 0.0142. The minimum Gasteiger partial charge on any atom is -0.463 e. The molecular formula is C24H34N4O7. The molecule has 0 saturated carbocycles. The number of nitrogens with zero attached hydrogens (tertiary/aromatic N) is 4. The van der Waals surface area contributed by atoms with Crippen LogP contribution in [0.15, 0.2) is 30.3 Å². The summed E-state index contributed by atoms with van der Waals surface area (Å²) in [5, 5.41) is 0. The fourth-order valence-corrected chi connectivity index (χ4v) is 3.66. The first kappa shape index (κ1) is 27.9. The van der Waals surface area contributed by atoms with Crippen LogP contribution in [0, 0.1) is 0 Å². The summed E-state index contributed by atoms with van der Waals surface area (Å²) in [7, 11) is 7.23. The van der Waals surface area contributed by atoms with Crippen LogP contribution in [0.3, 0.4) is 0 Å². The highest BCUT2D eigenvalue weighted by Gasteiger charge is 2.58. The van der Waals surface area contributed by atoms with Crippen molar-refractivity contribution < 1.29 is 33.4 Å². The van der Waals surface area contributed by atoms with Crippen LogP contribution in [0.2, 0.25) is 0 Å². The third-order valence-corrected chi connectivity index (χ3v) is 5.66. The van der Waals surface area contributed by atoms with Crippen LogP contribution in [0.1, 0.15) is 18.9 Å². The molecule has 0 aliphatic carbocycles. The summed E-state index contributed by atoms with van der Waals surface area (Å²) in [5.74, 6) is -3.25. The Labute approximate surface area is 205 Å². The highest BCUT2D eigenvalue weighted by molar-refractivity contribution is 6.24. The first-order valence-corrected chi connectivity index (χ1v) is 11.4. The van der Waals surface area contributed by atoms with Crippen molar-refractivity contribution in [3.8, 4) is 0 Å². The monoisotopic (exact) mass is 490 g/mol. The van der Waals surface area contributed by atoms with Gasteiger partial charge in [-0.1, -0.05) is 37.3 Å². The van der Waals surface area contributed by atoms with Gasteiger partial charge in [0.25, 0.3) is 11.8 Å². The zero-order chi connectivity index (χ0) is 26.2. The Kier molecular flexibility index (Phi) is 9.90. The van der Waals surface area contributed by atoms with Crippen LogP contribution in [-0.4, -0.2) is 117 Å². The summed E-state index contributed by atoms with van der Waals surface area (Å²) in [5.41, 5.74) is -1.41. The maximum absolute atomic E-state index is 13.6. The average Bonchev–Trinajstić information content (AvgIpc) is 2.80. The number of urea groups is 1. The van der Waals surface area contributed by atoms with E-state index in [1.54, 1.807) is 37.3 Å². The van der Waals surface area contributed by atoms with Crippen LogP contribution in [0.25, 0.3) is 0 Å². The first-order chi connectivity index (χ1) is 16.5. The second kappa shape index (κ2) is 12.4. The number of rotatable bonds is 12. The second-order valence-corrected chi connectivity index (χ2v) is 8.74. The van der Waals surface area contributed by atoms with Crippen molar-refractivity contribution in [2.75, 3.05) is 67.6 Å². The van der Waals surface area contributed by atoms with Gasteiger partial charge in [0.15, 0.2) is 5.41 Å². The van der Waals surface area contributed by atoms with Crippen LogP contribution in [0.4, 0.5) is 4.79 Å². The number of benzene rings is 1. The van der Waals surface area contributed by atoms with E-state index in [1.165, 1.54) is 0 Å². The van der Waals surface area contributed by atoms with Gasteiger partial charge in [-0.2, -0.15) is 0 Å². The normalized spacial score (nSPS) is 15.7. The van der Waals surface area contributed by atoms with Crippen molar-refractivity contribution in [1.29, 1.82) is 0 Å². The smallest absolute Gasteiger partial charge is 0.334 e. The molecule has 0 N–H and O–H groups in total. The number of amides is 4. The molecule has 0 unspecified atom stereocenters. The molecule has 0 radical (unpaired) electrons. The number of likely N-dealkylation sites (N-methyl/N-ethyl adjacent to an activating group) is 2. The van der Waals surface area contributed by atoms with Crippen molar-refractivity contribution in [1.82, 2.24) is 19.6 Å². The van der Waals surface area contributed by atoms with E-state index in [1.807, 2.05) is 38.0 Å². The Morgan fingerprint density at radius 1 is 0.800 bits per heavy atom. The fraction of sp³-hybridized carbons (Fsp3) is 0.542. The lowest BCUT2D eigenvalue weighted by Crippen LogP contribution is -2.68. The highest BCUT2D eigenvalue weighted by atomic mass is 16.5. The van der Waals surface area contributed by atoms with E-state index in [2.05, 4.69) is 0 Å². The van der Waals surface area contributed by atoms with Gasteiger partial charge < -0.3 is 19.3 Å². The molecule has 0 aromatic heterocycles. The maximum Gasteiger partial charge on any atom is 0.334 e. The molecule has 1 aliphatic rings. The van der Waals surface area contributed by atoms with Crippen LogP contribution >= 0.6 is 0 Å². The topological polar surface area (TPSA) is 117 Å². The van der Waals surface area contributed by atoms with E-state index in [9.17, 15) is 24.0 Å². The number of imide groups is 2. The molecule has 1 fully saturated rings. The Morgan fingerprint density at radius 3 is 1.60 bits per heavy atom. The summed E-state index contributed by atoms with van der Waals surface area (Å²) < 4.78 is 10.3. The van der Waals surface area contributed by atoms with E-state index < -0.39 is 48.3 Å². The summed E-state index contributed by atoms with van der Waals surface area (Å²) in [6.45, 7) is 1.33. The van der Waals surface area contributed by atoms with Gasteiger partial charge in [-0.05, 0) is 40.2 Å². The number of esters is 2. The highest BCUT2D eigenvalue weighted by Crippen LogP contribution is 2.36. The van der Waals surface area contributed by atoms with Gasteiger partial charge in [-0.25, -0.2) is 4.79 Å². The maximum atomic E-state index is 13.6. The minimum atomic E-state index is -1.77. The van der Waals surface area contributed by atoms with Crippen LogP contribution in [0.5, 0.6) is 0 Å². The van der Waals surface area contributed by atoms with Crippen molar-refractivity contribution in [3.05, 3.63) is 35.9 Å². The van der Waals surface area contributed by atoms with Crippen molar-refractivity contribution in [3.63, 3.8) is 0 Å². The van der Waals surface area contributed by atoms with E-state index >= 15 is 0 Å². The molecule has 11 nitrogen and oxygen atoms in total. The average molecular weight is 491 g/mol. The van der Waals surface area contributed by atoms with E-state index in [-0.39, 0.29) is 19.6 Å². The Bertz CT molecular complexity index is 883. The molecule has 0 spiro atoms. The molecule has 1 heterocycles. The van der Waals surface area contributed by atoms with Crippen molar-refractivity contribution in [2.45, 2.75) is 18.8 Å². The standard InChI is InChI=1S/C24H34N4O7/c1-6-24(18-10-8-7-9-11-18)21(31)27(16-19(29)34-14-12-25(2)3)23(33)28(22(24)32)17-20(30)35-15-13-26(4)5/h7-11H,6,12-17H2,1-5H3. The van der Waals surface area contributed by atoms with Gasteiger partial charge in [0.05, 0.1) is 0 Å². The lowest BCUT2D eigenvalue weighted by Gasteiger charge is -2.43. The lowest BCUT2D eigenvalue weighted by atomic mass is 9.74. The van der Waals surface area contributed by atoms with Gasteiger partial charge in [0, 0.05) is 13.1 Å². The summed E-state index contributed by atoms with van der Waals surface area (Å²) in [6, 6.07) is 7.23. The summed E-state index contributed by atoms with van der Waals surface area (Å²) >= 11 is 0. The fourth-order valence-electron chi connectivity index (χ4n) is 3.66. The third-order valence-electron chi connectivity index (χ3n) is 5.66. The number of hydrogen-bond acceptors (Lipinski definition) is 9. The second-order valence-electron chi connectivity index (χ2n) is 8.74. The zero-order valence-corrected chi connectivity index (χ0v) is 21.0. The number of carbonyl (C=O) groups excluding carboxylic acids is 5. The van der Waals surface area contributed by atoms with Gasteiger partial charge in [-0.3, -0.25) is 29.0 Å². The molecular weight excluding hydrogens is 456 g/mol. The molecule has 0 atom stereocenters. The molecule has 0 bridgehead atoms. The predicted molar refractivity (Wildman–Crippen MR) is 126 cm³/mol. The number of ether oxygens (including phenoxy) is 2. The lowest BCUT2D eigenvalue weighted by molar-refractivity contribution is -0.161. The molecule has 1 aliphatic heterocycles. The van der Waals surface area contributed by atoms with Crippen LogP contribution in [-0.2, 0) is 34.1 Å². The number of carbonyl (C=O) groups is 5. The molecule has 192 valence electrons. The van der Waals surface area contributed by atoms with E-state index in [0.29, 0.717) is 28.5 Å². The third kappa shape index (κ3) is 6.64. The molecule has 1 aromatic rings. The van der Waals surface area contributed by atoms with Crippen molar-refractivity contribution in [2.24, 2.45) is 0 Å². The van der Waals surface area contributed by atoms with Crippen LogP contribution < -0.4 is 0 Å². The van der Waals surface area contributed by atoms with Gasteiger partial charge in [0.1, 0.15) is 26.3 Å². The van der Waals surface area contributed by atoms with Gasteiger partial charge in [0.2, 0.25) is 0 Å². The number of hydrogen-bond donors (Lipinski definition) is 0. The Hall–Kier alpha value is -3.31. The molecule has 1 aromatic carbocycles. The first-order valence-electron chi connectivity index (χ1n) is 11.4. The molecule has 1 saturated heterocycles. The van der Waals surface area contributed by atoms with E-state index in [0.717, 1.165) is 0 Å². The summed E-state index contributed by atoms with van der Waals surface area (Å²) in [4.78, 5) is 70.3. The Balaban J connectivity index is 2.36. The summed E-state index contributed by atoms with van der Waals surface area (Å²) in [6.07, 6.45) is 0.0142. The van der Waals surface area contributed by atoms with Gasteiger partial charge >= 0.3 is 18.0 Å². The zero-order valence-electron chi connectivity index (χ0n) is 21.0. The van der Waals surface area contributed by atoms with E-state index in [4.69, 9.17) is 9.47 Å². The molecule has 2 rings (SSSR count). The molecule has 11 heteroatoms. The quantitative estimate of drug-likeness (QED) is 0.302. The SMILES string of the molecule is CCC1(c2ccccc2)C(=O)N(CC(=O)OCCN(C)C)C(=O)N(CC(=O)OCCN(C)C)C1=O. The largest absolute Gasteiger partial charge is 0.463 e. The van der Waals surface area contributed by atoms with Crippen molar-refractivity contribution >= 4 is 29.8 Å². The predicted octanol–water partition coefficient (Wildman–Crippen LogP) is 0.335. The number of barbiturate groups is 1. The Morgan fingerprint density at radius 2 is 1.23 bits per heavy atom. The molecule has 4 amide bonds. The molecule has 35 heavy (non-hydrogen) atoms. The van der Waals surface area contributed by atoms with Gasteiger partial charge in [-0.15, -0.1) is 0 Å².